The van der Waals surface area contributed by atoms with Gasteiger partial charge in [-0.25, -0.2) is 4.79 Å². The third kappa shape index (κ3) is 2.75. The van der Waals surface area contributed by atoms with Crippen LogP contribution in [-0.4, -0.2) is 23.4 Å². The van der Waals surface area contributed by atoms with Crippen molar-refractivity contribution in [2.24, 2.45) is 5.41 Å². The molecule has 2 rings (SSSR count). The van der Waals surface area contributed by atoms with Gasteiger partial charge in [-0.15, -0.1) is 0 Å². The van der Waals surface area contributed by atoms with E-state index in [1.807, 2.05) is 30.3 Å². The number of nitrogens with one attached hydrogen (secondary N) is 1. The van der Waals surface area contributed by atoms with Crippen molar-refractivity contribution in [3.63, 3.8) is 0 Å². The number of urea groups is 1. The van der Waals surface area contributed by atoms with Crippen LogP contribution in [0.25, 0.3) is 0 Å². The first-order chi connectivity index (χ1) is 9.80. The van der Waals surface area contributed by atoms with Crippen LogP contribution in [0.4, 0.5) is 4.79 Å². The van der Waals surface area contributed by atoms with Crippen molar-refractivity contribution in [2.45, 2.75) is 32.7 Å². The van der Waals surface area contributed by atoms with Crippen LogP contribution in [0.3, 0.4) is 0 Å². The molecule has 1 atom stereocenters. The van der Waals surface area contributed by atoms with Crippen LogP contribution in [0.1, 0.15) is 32.8 Å². The van der Waals surface area contributed by atoms with Gasteiger partial charge in [0.25, 0.3) is 5.91 Å². The lowest BCUT2D eigenvalue weighted by atomic mass is 9.90. The van der Waals surface area contributed by atoms with Gasteiger partial charge in [-0.05, 0) is 32.8 Å². The summed E-state index contributed by atoms with van der Waals surface area (Å²) in [5, 5.41) is 11.8. The highest BCUT2D eigenvalue weighted by atomic mass is 16.2. The number of carbonyl (C=O) groups excluding carboxylic acids is 2. The first-order valence-electron chi connectivity index (χ1n) is 6.91. The molecular formula is C16H19N3O2. The van der Waals surface area contributed by atoms with E-state index in [1.165, 1.54) is 4.90 Å². The molecule has 0 radical (unpaired) electrons. The van der Waals surface area contributed by atoms with Crippen molar-refractivity contribution in [1.82, 2.24) is 10.2 Å². The highest BCUT2D eigenvalue weighted by Gasteiger charge is 2.48. The largest absolute Gasteiger partial charge is 0.325 e. The zero-order valence-electron chi connectivity index (χ0n) is 12.5. The van der Waals surface area contributed by atoms with Crippen LogP contribution < -0.4 is 5.32 Å². The topological polar surface area (TPSA) is 73.2 Å². The summed E-state index contributed by atoms with van der Waals surface area (Å²) in [6.07, 6.45) is 0.452. The normalized spacial score (nSPS) is 22.1. The Labute approximate surface area is 124 Å². The van der Waals surface area contributed by atoms with E-state index in [4.69, 9.17) is 5.26 Å². The highest BCUT2D eigenvalue weighted by molar-refractivity contribution is 6.07. The van der Waals surface area contributed by atoms with E-state index in [-0.39, 0.29) is 12.5 Å². The minimum absolute atomic E-state index is 0.244. The van der Waals surface area contributed by atoms with Gasteiger partial charge in [0.1, 0.15) is 5.54 Å². The Morgan fingerprint density at radius 3 is 2.48 bits per heavy atom. The van der Waals surface area contributed by atoms with Gasteiger partial charge in [0.15, 0.2) is 0 Å². The molecule has 5 heteroatoms. The van der Waals surface area contributed by atoms with Gasteiger partial charge >= 0.3 is 6.03 Å². The zero-order chi connectivity index (χ0) is 15.7. The fourth-order valence-corrected chi connectivity index (χ4v) is 2.31. The van der Waals surface area contributed by atoms with E-state index < -0.39 is 17.0 Å². The first-order valence-corrected chi connectivity index (χ1v) is 6.91. The molecule has 0 aliphatic carbocycles. The summed E-state index contributed by atoms with van der Waals surface area (Å²) < 4.78 is 0. The number of benzene rings is 1. The van der Waals surface area contributed by atoms with Crippen molar-refractivity contribution < 1.29 is 9.59 Å². The molecular weight excluding hydrogens is 266 g/mol. The fourth-order valence-electron chi connectivity index (χ4n) is 2.31. The molecule has 0 aromatic heterocycles. The van der Waals surface area contributed by atoms with Gasteiger partial charge in [0.2, 0.25) is 0 Å². The van der Waals surface area contributed by atoms with E-state index in [1.54, 1.807) is 20.8 Å². The minimum atomic E-state index is -1.03. The molecule has 0 bridgehead atoms. The Hall–Kier alpha value is -2.35. The number of imide groups is 1. The summed E-state index contributed by atoms with van der Waals surface area (Å²) in [7, 11) is 0. The van der Waals surface area contributed by atoms with Crippen LogP contribution in [0.2, 0.25) is 0 Å². The predicted molar refractivity (Wildman–Crippen MR) is 78.0 cm³/mol. The Bertz CT molecular complexity index is 604. The average Bonchev–Trinajstić information content (AvgIpc) is 2.69. The molecule has 1 aliphatic rings. The Kier molecular flexibility index (Phi) is 3.73. The lowest BCUT2D eigenvalue weighted by molar-refractivity contribution is -0.131. The molecule has 1 fully saturated rings. The average molecular weight is 285 g/mol. The van der Waals surface area contributed by atoms with Crippen molar-refractivity contribution >= 4 is 11.9 Å². The molecule has 1 aliphatic heterocycles. The Morgan fingerprint density at radius 1 is 1.29 bits per heavy atom. The van der Waals surface area contributed by atoms with E-state index >= 15 is 0 Å². The number of carbonyl (C=O) groups is 2. The van der Waals surface area contributed by atoms with Crippen molar-refractivity contribution in [1.29, 1.82) is 5.26 Å². The van der Waals surface area contributed by atoms with E-state index in [2.05, 4.69) is 11.4 Å². The van der Waals surface area contributed by atoms with Crippen LogP contribution in [-0.2, 0) is 10.3 Å². The van der Waals surface area contributed by atoms with E-state index in [0.717, 1.165) is 5.56 Å². The number of amides is 3. The van der Waals surface area contributed by atoms with Crippen LogP contribution in [0.15, 0.2) is 30.3 Å². The van der Waals surface area contributed by atoms with E-state index in [9.17, 15) is 9.59 Å². The summed E-state index contributed by atoms with van der Waals surface area (Å²) in [5.41, 5.74) is -0.841. The van der Waals surface area contributed by atoms with Gasteiger partial charge in [-0.2, -0.15) is 5.26 Å². The Balaban J connectivity index is 2.20. The number of rotatable bonds is 4. The number of hydrogen-bond acceptors (Lipinski definition) is 3. The van der Waals surface area contributed by atoms with Gasteiger partial charge in [0.05, 0.1) is 11.5 Å². The lowest BCUT2D eigenvalue weighted by Gasteiger charge is -2.23. The number of nitriles is 1. The summed E-state index contributed by atoms with van der Waals surface area (Å²) in [5.74, 6) is -0.271. The Morgan fingerprint density at radius 2 is 1.90 bits per heavy atom. The molecule has 1 unspecified atom stereocenters. The second-order valence-electron chi connectivity index (χ2n) is 6.12. The van der Waals surface area contributed by atoms with Crippen LogP contribution in [0, 0.1) is 16.7 Å². The molecule has 0 spiro atoms. The van der Waals surface area contributed by atoms with E-state index in [0.29, 0.717) is 6.42 Å². The maximum Gasteiger partial charge on any atom is 0.325 e. The van der Waals surface area contributed by atoms with Crippen molar-refractivity contribution in [2.75, 3.05) is 6.54 Å². The first kappa shape index (κ1) is 15.0. The number of nitrogens with zero attached hydrogens (tertiary/aromatic N) is 2. The molecule has 3 amide bonds. The molecule has 110 valence electrons. The lowest BCUT2D eigenvalue weighted by Crippen LogP contribution is -2.41. The van der Waals surface area contributed by atoms with Crippen LogP contribution >= 0.6 is 0 Å². The van der Waals surface area contributed by atoms with Crippen molar-refractivity contribution in [3.05, 3.63) is 35.9 Å². The minimum Gasteiger partial charge on any atom is -0.319 e. The van der Waals surface area contributed by atoms with Crippen molar-refractivity contribution in [3.8, 4) is 6.07 Å². The molecule has 1 aromatic carbocycles. The molecule has 1 heterocycles. The summed E-state index contributed by atoms with van der Waals surface area (Å²) in [6, 6.07) is 10.9. The summed E-state index contributed by atoms with van der Waals surface area (Å²) in [4.78, 5) is 25.9. The van der Waals surface area contributed by atoms with Crippen LogP contribution in [0.5, 0.6) is 0 Å². The molecule has 21 heavy (non-hydrogen) atoms. The second-order valence-corrected chi connectivity index (χ2v) is 6.12. The summed E-state index contributed by atoms with van der Waals surface area (Å²) >= 11 is 0. The maximum atomic E-state index is 12.6. The smallest absolute Gasteiger partial charge is 0.319 e. The van der Waals surface area contributed by atoms with Gasteiger partial charge in [0, 0.05) is 6.54 Å². The molecule has 1 aromatic rings. The maximum absolute atomic E-state index is 12.6. The molecule has 5 nitrogen and oxygen atoms in total. The number of hydrogen-bond donors (Lipinski definition) is 1. The van der Waals surface area contributed by atoms with Gasteiger partial charge < -0.3 is 5.32 Å². The molecule has 1 N–H and O–H groups in total. The molecule has 0 saturated carbocycles. The third-order valence-corrected chi connectivity index (χ3v) is 3.89. The third-order valence-electron chi connectivity index (χ3n) is 3.89. The molecule has 1 saturated heterocycles. The SMILES string of the molecule is CC(C)(C#N)CCN1C(=O)NC(C)(c2ccccc2)C1=O. The highest BCUT2D eigenvalue weighted by Crippen LogP contribution is 2.30. The quantitative estimate of drug-likeness (QED) is 0.863. The monoisotopic (exact) mass is 285 g/mol. The fraction of sp³-hybridized carbons (Fsp3) is 0.438. The predicted octanol–water partition coefficient (Wildman–Crippen LogP) is 2.39. The van der Waals surface area contributed by atoms with Gasteiger partial charge in [-0.1, -0.05) is 30.3 Å². The standard InChI is InChI=1S/C16H19N3O2/c1-15(2,11-17)9-10-19-13(20)16(3,18-14(19)21)12-7-5-4-6-8-12/h4-8H,9-10H2,1-3H3,(H,18,21). The summed E-state index contributed by atoms with van der Waals surface area (Å²) in [6.45, 7) is 5.54. The van der Waals surface area contributed by atoms with Gasteiger partial charge in [-0.3, -0.25) is 9.69 Å². The second kappa shape index (κ2) is 5.21. The zero-order valence-corrected chi connectivity index (χ0v) is 12.5.